The van der Waals surface area contributed by atoms with Crippen LogP contribution in [0.4, 0.5) is 0 Å². The summed E-state index contributed by atoms with van der Waals surface area (Å²) >= 11 is 0. The van der Waals surface area contributed by atoms with Crippen LogP contribution < -0.4 is 10.6 Å². The molecule has 6 rings (SSSR count). The molecular weight excluding hydrogens is 448 g/mol. The van der Waals surface area contributed by atoms with Gasteiger partial charge in [-0.15, -0.1) is 0 Å². The highest BCUT2D eigenvalue weighted by Gasteiger charge is 2.07. The van der Waals surface area contributed by atoms with Gasteiger partial charge in [-0.2, -0.15) is 5.10 Å². The van der Waals surface area contributed by atoms with Crippen LogP contribution in [0, 0.1) is 20.8 Å². The highest BCUT2D eigenvalue weighted by molar-refractivity contribution is 5.69. The minimum Gasteiger partial charge on any atom is -0.233 e. The Balaban J connectivity index is 0.000000174. The molecule has 3 aromatic carbocycles. The number of aryl methyl sites for hydroxylation is 3. The van der Waals surface area contributed by atoms with Gasteiger partial charge >= 0.3 is 0 Å². The quantitative estimate of drug-likeness (QED) is 0.251. The van der Waals surface area contributed by atoms with Crippen molar-refractivity contribution in [1.82, 2.24) is 9.61 Å². The summed E-state index contributed by atoms with van der Waals surface area (Å²) in [6, 6.07) is 33.6. The van der Waals surface area contributed by atoms with E-state index in [0.29, 0.717) is 0 Å². The summed E-state index contributed by atoms with van der Waals surface area (Å²) in [5, 5.41) is 7.31. The molecule has 0 aliphatic heterocycles. The van der Waals surface area contributed by atoms with E-state index in [1.165, 1.54) is 32.8 Å². The first-order chi connectivity index (χ1) is 17.9. The Labute approximate surface area is 220 Å². The second-order valence-electron chi connectivity index (χ2n) is 9.62. The van der Waals surface area contributed by atoms with Crippen LogP contribution >= 0.6 is 0 Å². The predicted molar refractivity (Wildman–Crippen MR) is 160 cm³/mol. The lowest BCUT2D eigenvalue weighted by molar-refractivity contribution is 0.904. The second-order valence-corrected chi connectivity index (χ2v) is 9.62. The van der Waals surface area contributed by atoms with Crippen LogP contribution in [0.15, 0.2) is 104 Å². The fraction of sp³-hybridized carbons (Fsp3) is 0.171. The monoisotopic (exact) mass is 484 g/mol. The van der Waals surface area contributed by atoms with Gasteiger partial charge in [0.1, 0.15) is 0 Å². The van der Waals surface area contributed by atoms with Gasteiger partial charge in [0.2, 0.25) is 0 Å². The Morgan fingerprint density at radius 1 is 0.730 bits per heavy atom. The van der Waals surface area contributed by atoms with Gasteiger partial charge in [-0.25, -0.2) is 4.52 Å². The second kappa shape index (κ2) is 12.2. The molecule has 0 spiro atoms. The first-order valence-electron chi connectivity index (χ1n) is 12.9. The molecule has 186 valence electrons. The van der Waals surface area contributed by atoms with Crippen molar-refractivity contribution in [3.63, 3.8) is 0 Å². The Morgan fingerprint density at radius 2 is 1.35 bits per heavy atom. The molecule has 0 radical (unpaired) electrons. The highest BCUT2D eigenvalue weighted by atomic mass is 15.2. The molecule has 0 saturated heterocycles. The number of rotatable bonds is 2. The summed E-state index contributed by atoms with van der Waals surface area (Å²) in [6.45, 7) is 12.3. The fourth-order valence-corrected chi connectivity index (χ4v) is 4.19. The summed E-state index contributed by atoms with van der Waals surface area (Å²) in [7, 11) is 0. The van der Waals surface area contributed by atoms with E-state index >= 15 is 0 Å². The number of hydrogen-bond donors (Lipinski definition) is 0. The minimum absolute atomic E-state index is 1.01. The van der Waals surface area contributed by atoms with Crippen molar-refractivity contribution in [3.8, 4) is 11.3 Å². The molecule has 2 aromatic heterocycles. The zero-order valence-electron chi connectivity index (χ0n) is 22.4. The van der Waals surface area contributed by atoms with Gasteiger partial charge in [0.05, 0.1) is 16.6 Å². The van der Waals surface area contributed by atoms with E-state index in [-0.39, 0.29) is 0 Å². The van der Waals surface area contributed by atoms with Crippen LogP contribution in [0.1, 0.15) is 42.0 Å². The molecule has 0 N–H and O–H groups in total. The topological polar surface area (TPSA) is 17.3 Å². The van der Waals surface area contributed by atoms with Crippen LogP contribution in [-0.2, 0) is 0 Å². The Bertz CT molecular complexity index is 1580. The zero-order chi connectivity index (χ0) is 26.2. The molecule has 1 aliphatic carbocycles. The molecule has 0 unspecified atom stereocenters. The van der Waals surface area contributed by atoms with E-state index in [1.807, 2.05) is 25.1 Å². The third-order valence-electron chi connectivity index (χ3n) is 6.60. The average molecular weight is 485 g/mol. The van der Waals surface area contributed by atoms with Crippen LogP contribution in [0.25, 0.3) is 34.5 Å². The number of aromatic nitrogens is 2. The number of benzene rings is 3. The first-order valence-corrected chi connectivity index (χ1v) is 12.9. The van der Waals surface area contributed by atoms with Crippen LogP contribution in [0.3, 0.4) is 0 Å². The normalized spacial score (nSPS) is 11.6. The lowest BCUT2D eigenvalue weighted by Crippen LogP contribution is -2.33. The molecule has 0 atom stereocenters. The van der Waals surface area contributed by atoms with Crippen LogP contribution in [0.5, 0.6) is 0 Å². The van der Waals surface area contributed by atoms with Gasteiger partial charge in [-0.05, 0) is 74.6 Å². The van der Waals surface area contributed by atoms with Gasteiger partial charge in [0.25, 0.3) is 0 Å². The molecule has 2 heterocycles. The fourth-order valence-electron chi connectivity index (χ4n) is 4.19. The van der Waals surface area contributed by atoms with Crippen molar-refractivity contribution in [2.75, 3.05) is 0 Å². The van der Waals surface area contributed by atoms with Crippen molar-refractivity contribution in [2.24, 2.45) is 0 Å². The Kier molecular flexibility index (Phi) is 8.53. The van der Waals surface area contributed by atoms with Gasteiger partial charge in [-0.3, -0.25) is 0 Å². The van der Waals surface area contributed by atoms with Crippen molar-refractivity contribution < 1.29 is 0 Å². The third-order valence-corrected chi connectivity index (χ3v) is 6.60. The predicted octanol–water partition coefficient (Wildman–Crippen LogP) is 7.69. The maximum absolute atomic E-state index is 4.81. The summed E-state index contributed by atoms with van der Waals surface area (Å²) in [5.74, 6) is 0. The average Bonchev–Trinajstić information content (AvgIpc) is 3.37. The molecular formula is C35H36N2. The number of nitrogens with zero attached hydrogens (tertiary/aromatic N) is 2. The molecule has 0 fully saturated rings. The van der Waals surface area contributed by atoms with Crippen LogP contribution in [-0.4, -0.2) is 9.61 Å². The summed E-state index contributed by atoms with van der Waals surface area (Å²) in [5.41, 5.74) is 9.61. The molecule has 5 aromatic rings. The lowest BCUT2D eigenvalue weighted by atomic mass is 10.1. The van der Waals surface area contributed by atoms with Crippen molar-refractivity contribution in [3.05, 3.63) is 136 Å². The molecule has 0 bridgehead atoms. The molecule has 2 heteroatoms. The molecule has 2 nitrogen and oxygen atoms in total. The zero-order valence-corrected chi connectivity index (χ0v) is 22.4. The van der Waals surface area contributed by atoms with E-state index in [2.05, 4.69) is 123 Å². The number of hydrogen-bond acceptors (Lipinski definition) is 1. The van der Waals surface area contributed by atoms with Crippen molar-refractivity contribution in [2.45, 2.75) is 40.5 Å². The molecule has 0 amide bonds. The van der Waals surface area contributed by atoms with Gasteiger partial charge < -0.3 is 0 Å². The van der Waals surface area contributed by atoms with Crippen molar-refractivity contribution >= 4 is 23.2 Å². The number of pyridine rings is 1. The Hall–Kier alpha value is -4.17. The lowest BCUT2D eigenvalue weighted by Gasteiger charge is -2.02. The molecule has 0 saturated carbocycles. The number of allylic oxidation sites excluding steroid dienone is 1. The summed E-state index contributed by atoms with van der Waals surface area (Å²) < 4.78 is 2.06. The van der Waals surface area contributed by atoms with E-state index in [0.717, 1.165) is 35.2 Å². The largest absolute Gasteiger partial charge is 0.233 e. The number of fused-ring (bicyclic) bond motifs is 3. The van der Waals surface area contributed by atoms with Gasteiger partial charge in [0, 0.05) is 5.56 Å². The Morgan fingerprint density at radius 3 is 1.92 bits per heavy atom. The van der Waals surface area contributed by atoms with Crippen molar-refractivity contribution in [1.29, 1.82) is 0 Å². The van der Waals surface area contributed by atoms with Crippen LogP contribution in [0.2, 0.25) is 0 Å². The van der Waals surface area contributed by atoms with E-state index in [1.54, 1.807) is 0 Å². The first kappa shape index (κ1) is 25.9. The third kappa shape index (κ3) is 6.74. The SMILES string of the molecule is C=C(C)c1ccc(-c2cc3ccc4c(n3n2)=CCCC=4)cc1.Cc1ccccc1.Cc1ccccc1C. The summed E-state index contributed by atoms with van der Waals surface area (Å²) in [6.07, 6.45) is 6.78. The van der Waals surface area contributed by atoms with E-state index < -0.39 is 0 Å². The molecule has 37 heavy (non-hydrogen) atoms. The highest BCUT2D eigenvalue weighted by Crippen LogP contribution is 2.21. The van der Waals surface area contributed by atoms with Gasteiger partial charge in [0.15, 0.2) is 0 Å². The molecule has 1 aliphatic rings. The van der Waals surface area contributed by atoms with E-state index in [9.17, 15) is 0 Å². The standard InChI is InChI=1S/C20H18N2.C8H10.C7H8/c1-14(2)15-7-9-16(10-8-15)19-13-18-12-11-17-5-3-4-6-20(17)22(18)21-19;1-7-5-3-4-6-8(7)2;1-7-5-3-2-4-6-7/h5-13H,1,3-4H2,2H3;3-6H,1-2H3;2-6H,1H3. The smallest absolute Gasteiger partial charge is 0.0933 e. The summed E-state index contributed by atoms with van der Waals surface area (Å²) in [4.78, 5) is 0. The maximum atomic E-state index is 4.81. The maximum Gasteiger partial charge on any atom is 0.0933 e. The van der Waals surface area contributed by atoms with Gasteiger partial charge in [-0.1, -0.05) is 115 Å². The van der Waals surface area contributed by atoms with E-state index in [4.69, 9.17) is 5.10 Å². The minimum atomic E-state index is 1.01.